The minimum Gasteiger partial charge on any atom is -0.444 e. The molecule has 1 spiro atoms. The molecule has 132 valence electrons. The molecule has 7 heteroatoms. The second kappa shape index (κ2) is 5.65. The third-order valence-electron chi connectivity index (χ3n) is 4.79. The average Bonchev–Trinajstić information content (AvgIpc) is 3.07. The maximum absolute atomic E-state index is 12.5. The predicted molar refractivity (Wildman–Crippen MR) is 94.1 cm³/mol. The highest BCUT2D eigenvalue weighted by molar-refractivity contribution is 7.16. The van der Waals surface area contributed by atoms with Crippen LogP contribution in [-0.4, -0.2) is 34.6 Å². The molecule has 1 saturated heterocycles. The van der Waals surface area contributed by atoms with Gasteiger partial charge in [-0.2, -0.15) is 0 Å². The van der Waals surface area contributed by atoms with Crippen molar-refractivity contribution in [3.05, 3.63) is 16.5 Å². The predicted octanol–water partition coefficient (Wildman–Crippen LogP) is 3.08. The van der Waals surface area contributed by atoms with Crippen molar-refractivity contribution in [2.45, 2.75) is 63.5 Å². The van der Waals surface area contributed by atoms with Crippen LogP contribution in [0.15, 0.2) is 6.07 Å². The number of nitrogens with two attached hydrogens (primary N) is 2. The summed E-state index contributed by atoms with van der Waals surface area (Å²) < 4.78 is 5.56. The molecule has 1 aliphatic heterocycles. The van der Waals surface area contributed by atoms with Gasteiger partial charge in [-0.15, -0.1) is 11.3 Å². The first-order valence-corrected chi connectivity index (χ1v) is 9.13. The molecule has 0 aromatic carbocycles. The van der Waals surface area contributed by atoms with Crippen molar-refractivity contribution in [2.75, 3.05) is 12.3 Å². The second-order valence-electron chi connectivity index (χ2n) is 7.84. The van der Waals surface area contributed by atoms with E-state index in [9.17, 15) is 9.59 Å². The van der Waals surface area contributed by atoms with E-state index in [1.807, 2.05) is 31.7 Å². The number of nitrogen functional groups attached to an aromatic ring is 1. The van der Waals surface area contributed by atoms with Gasteiger partial charge in [0, 0.05) is 17.0 Å². The molecule has 1 atom stereocenters. The topological polar surface area (TPSA) is 98.6 Å². The number of amides is 2. The van der Waals surface area contributed by atoms with Crippen LogP contribution in [-0.2, 0) is 4.74 Å². The third-order valence-corrected chi connectivity index (χ3v) is 5.92. The molecule has 1 aromatic rings. The quantitative estimate of drug-likeness (QED) is 0.855. The Kier molecular flexibility index (Phi) is 4.02. The van der Waals surface area contributed by atoms with Gasteiger partial charge in [-0.3, -0.25) is 4.79 Å². The number of hydrogen-bond donors (Lipinski definition) is 2. The van der Waals surface area contributed by atoms with E-state index in [2.05, 4.69) is 0 Å². The van der Waals surface area contributed by atoms with Gasteiger partial charge in [-0.05, 0) is 58.4 Å². The Hall–Kier alpha value is -1.76. The number of likely N-dealkylation sites (tertiary alicyclic amines) is 1. The lowest BCUT2D eigenvalue weighted by molar-refractivity contribution is 0.00384. The van der Waals surface area contributed by atoms with Crippen molar-refractivity contribution in [1.82, 2.24) is 4.90 Å². The Bertz CT molecular complexity index is 673. The summed E-state index contributed by atoms with van der Waals surface area (Å²) in [6.07, 6.45) is 3.53. The number of ether oxygens (including phenoxy) is 1. The van der Waals surface area contributed by atoms with Crippen LogP contribution < -0.4 is 11.5 Å². The van der Waals surface area contributed by atoms with Gasteiger partial charge in [-0.1, -0.05) is 0 Å². The molecule has 2 fully saturated rings. The van der Waals surface area contributed by atoms with Gasteiger partial charge in [0.05, 0.1) is 10.6 Å². The second-order valence-corrected chi connectivity index (χ2v) is 8.95. The van der Waals surface area contributed by atoms with Crippen LogP contribution in [0.3, 0.4) is 0 Å². The Balaban J connectivity index is 1.74. The molecule has 0 unspecified atom stereocenters. The van der Waals surface area contributed by atoms with Crippen molar-refractivity contribution in [3.8, 4) is 0 Å². The summed E-state index contributed by atoms with van der Waals surface area (Å²) in [5.41, 5.74) is 11.1. The molecule has 1 aliphatic carbocycles. The van der Waals surface area contributed by atoms with Gasteiger partial charge in [0.2, 0.25) is 0 Å². The summed E-state index contributed by atoms with van der Waals surface area (Å²) >= 11 is 1.44. The summed E-state index contributed by atoms with van der Waals surface area (Å²) in [4.78, 5) is 26.9. The highest BCUT2D eigenvalue weighted by Gasteiger charge is 2.54. The van der Waals surface area contributed by atoms with Gasteiger partial charge in [-0.25, -0.2) is 4.79 Å². The normalized spacial score (nSPS) is 22.5. The molecule has 24 heavy (non-hydrogen) atoms. The van der Waals surface area contributed by atoms with E-state index in [1.54, 1.807) is 0 Å². The van der Waals surface area contributed by atoms with Crippen molar-refractivity contribution >= 4 is 28.3 Å². The molecule has 2 aliphatic rings. The number of rotatable bonds is 2. The summed E-state index contributed by atoms with van der Waals surface area (Å²) in [5, 5.41) is 0.483. The molecule has 2 heterocycles. The molecule has 0 bridgehead atoms. The van der Waals surface area contributed by atoms with E-state index in [0.717, 1.165) is 30.6 Å². The summed E-state index contributed by atoms with van der Waals surface area (Å²) in [6, 6.07) is 1.83. The number of carbonyl (C=O) groups is 2. The standard InChI is InChI=1S/C17H25N3O3S/c1-16(2,3)23-15(22)20-7-4-10(9-17(20)5-6-17)12-8-11(13(18)21)14(19)24-12/h8,10H,4-7,9,19H2,1-3H3,(H2,18,21)/t10-/m0/s1. The van der Waals surface area contributed by atoms with Crippen LogP contribution in [0.1, 0.15) is 67.6 Å². The molecule has 1 saturated carbocycles. The van der Waals surface area contributed by atoms with Gasteiger partial charge in [0.1, 0.15) is 5.60 Å². The van der Waals surface area contributed by atoms with Crippen molar-refractivity contribution in [3.63, 3.8) is 0 Å². The van der Waals surface area contributed by atoms with E-state index in [0.29, 0.717) is 23.0 Å². The maximum atomic E-state index is 12.5. The van der Waals surface area contributed by atoms with Gasteiger partial charge < -0.3 is 21.1 Å². The number of carbonyl (C=O) groups excluding carboxylic acids is 2. The first kappa shape index (κ1) is 17.1. The fourth-order valence-electron chi connectivity index (χ4n) is 3.47. The Morgan fingerprint density at radius 3 is 2.54 bits per heavy atom. The summed E-state index contributed by atoms with van der Waals surface area (Å²) in [5.74, 6) is -0.172. The Morgan fingerprint density at radius 1 is 1.38 bits per heavy atom. The summed E-state index contributed by atoms with van der Waals surface area (Å²) in [7, 11) is 0. The lowest BCUT2D eigenvalue weighted by Crippen LogP contribution is -2.49. The van der Waals surface area contributed by atoms with E-state index < -0.39 is 11.5 Å². The van der Waals surface area contributed by atoms with Crippen LogP contribution in [0.4, 0.5) is 9.80 Å². The fourth-order valence-corrected chi connectivity index (χ4v) is 4.54. The Labute approximate surface area is 146 Å². The molecule has 0 radical (unpaired) electrons. The largest absolute Gasteiger partial charge is 0.444 e. The number of anilines is 1. The zero-order chi connectivity index (χ0) is 17.7. The molecule has 6 nitrogen and oxygen atoms in total. The minimum atomic E-state index is -0.484. The lowest BCUT2D eigenvalue weighted by atomic mass is 9.88. The Morgan fingerprint density at radius 2 is 2.04 bits per heavy atom. The summed E-state index contributed by atoms with van der Waals surface area (Å²) in [6.45, 7) is 6.33. The van der Waals surface area contributed by atoms with Crippen molar-refractivity contribution in [1.29, 1.82) is 0 Å². The molecule has 4 N–H and O–H groups in total. The SMILES string of the molecule is CC(C)(C)OC(=O)N1CC[C@H](c2cc(C(N)=O)c(N)s2)CC12CC2. The van der Waals surface area contributed by atoms with Crippen LogP contribution in [0.25, 0.3) is 0 Å². The third kappa shape index (κ3) is 3.22. The molecule has 3 rings (SSSR count). The number of hydrogen-bond acceptors (Lipinski definition) is 5. The van der Waals surface area contributed by atoms with Crippen LogP contribution in [0.5, 0.6) is 0 Å². The highest BCUT2D eigenvalue weighted by atomic mass is 32.1. The number of thiophene rings is 1. The van der Waals surface area contributed by atoms with E-state index in [1.165, 1.54) is 11.3 Å². The van der Waals surface area contributed by atoms with Gasteiger partial charge in [0.15, 0.2) is 0 Å². The maximum Gasteiger partial charge on any atom is 0.410 e. The van der Waals surface area contributed by atoms with Crippen LogP contribution in [0.2, 0.25) is 0 Å². The van der Waals surface area contributed by atoms with Gasteiger partial charge in [0.25, 0.3) is 5.91 Å². The van der Waals surface area contributed by atoms with Crippen molar-refractivity contribution in [2.24, 2.45) is 5.73 Å². The first-order chi connectivity index (χ1) is 11.1. The first-order valence-electron chi connectivity index (χ1n) is 8.31. The molecular formula is C17H25N3O3S. The van der Waals surface area contributed by atoms with Crippen LogP contribution in [0, 0.1) is 0 Å². The number of nitrogens with zero attached hydrogens (tertiary/aromatic N) is 1. The van der Waals surface area contributed by atoms with E-state index in [4.69, 9.17) is 16.2 Å². The zero-order valence-corrected chi connectivity index (χ0v) is 15.2. The van der Waals surface area contributed by atoms with Crippen LogP contribution >= 0.6 is 11.3 Å². The number of piperidine rings is 1. The van der Waals surface area contributed by atoms with E-state index in [-0.39, 0.29) is 11.6 Å². The van der Waals surface area contributed by atoms with E-state index >= 15 is 0 Å². The van der Waals surface area contributed by atoms with Crippen molar-refractivity contribution < 1.29 is 14.3 Å². The minimum absolute atomic E-state index is 0.0864. The molecule has 2 amide bonds. The monoisotopic (exact) mass is 351 g/mol. The molecule has 1 aromatic heterocycles. The molecular weight excluding hydrogens is 326 g/mol. The fraction of sp³-hybridized carbons (Fsp3) is 0.647. The lowest BCUT2D eigenvalue weighted by Gasteiger charge is -2.40. The number of primary amides is 1. The van der Waals surface area contributed by atoms with Gasteiger partial charge >= 0.3 is 6.09 Å². The highest BCUT2D eigenvalue weighted by Crippen LogP contribution is 2.53. The zero-order valence-electron chi connectivity index (χ0n) is 14.4. The smallest absolute Gasteiger partial charge is 0.410 e. The average molecular weight is 351 g/mol.